The second kappa shape index (κ2) is 6.69. The van der Waals surface area contributed by atoms with Gasteiger partial charge in [-0.2, -0.15) is 0 Å². The summed E-state index contributed by atoms with van der Waals surface area (Å²) in [4.78, 5) is 0. The van der Waals surface area contributed by atoms with E-state index in [0.717, 1.165) is 18.5 Å². The third-order valence-corrected chi connectivity index (χ3v) is 4.49. The summed E-state index contributed by atoms with van der Waals surface area (Å²) >= 11 is 5.68. The van der Waals surface area contributed by atoms with Gasteiger partial charge in [0, 0.05) is 12.6 Å². The fourth-order valence-electron chi connectivity index (χ4n) is 2.85. The van der Waals surface area contributed by atoms with Crippen LogP contribution >= 0.6 is 11.6 Å². The zero-order valence-corrected chi connectivity index (χ0v) is 12.0. The van der Waals surface area contributed by atoms with Crippen LogP contribution in [0.4, 0.5) is 4.39 Å². The van der Waals surface area contributed by atoms with Gasteiger partial charge in [-0.15, -0.1) is 0 Å². The van der Waals surface area contributed by atoms with E-state index in [2.05, 4.69) is 5.32 Å². The number of hydrogen-bond donors (Lipinski definition) is 2. The average Bonchev–Trinajstić information content (AvgIpc) is 2.86. The number of aliphatic hydroxyl groups excluding tert-OH is 1. The van der Waals surface area contributed by atoms with E-state index in [4.69, 9.17) is 11.6 Å². The zero-order valence-electron chi connectivity index (χ0n) is 11.2. The van der Waals surface area contributed by atoms with E-state index in [-0.39, 0.29) is 23.5 Å². The van der Waals surface area contributed by atoms with E-state index in [9.17, 15) is 9.50 Å². The molecule has 0 saturated heterocycles. The number of nitrogens with one attached hydrogen (secondary N) is 1. The minimum absolute atomic E-state index is 0.0895. The predicted octanol–water partition coefficient (Wildman–Crippen LogP) is 3.54. The molecule has 0 aromatic heterocycles. The molecule has 1 fully saturated rings. The van der Waals surface area contributed by atoms with Crippen molar-refractivity contribution in [1.82, 2.24) is 5.32 Å². The van der Waals surface area contributed by atoms with Crippen LogP contribution in [-0.2, 0) is 0 Å². The Labute approximate surface area is 119 Å². The molecule has 106 valence electrons. The molecule has 1 aliphatic carbocycles. The first-order valence-electron chi connectivity index (χ1n) is 6.91. The highest BCUT2D eigenvalue weighted by molar-refractivity contribution is 6.30. The SMILES string of the molecule is CC(NCC1CCCC1CO)c1ccc(Cl)c(F)c1. The van der Waals surface area contributed by atoms with Gasteiger partial charge in [0.2, 0.25) is 0 Å². The summed E-state index contributed by atoms with van der Waals surface area (Å²) in [7, 11) is 0. The first-order valence-corrected chi connectivity index (χ1v) is 7.28. The first-order chi connectivity index (χ1) is 9.11. The first kappa shape index (κ1) is 14.8. The van der Waals surface area contributed by atoms with Gasteiger partial charge in [0.15, 0.2) is 0 Å². The molecule has 1 saturated carbocycles. The van der Waals surface area contributed by atoms with Crippen LogP contribution in [0, 0.1) is 17.7 Å². The van der Waals surface area contributed by atoms with E-state index in [1.165, 1.54) is 18.9 Å². The van der Waals surface area contributed by atoms with Gasteiger partial charge in [0.25, 0.3) is 0 Å². The Morgan fingerprint density at radius 3 is 2.84 bits per heavy atom. The maximum Gasteiger partial charge on any atom is 0.142 e. The molecule has 0 bridgehead atoms. The normalized spacial score (nSPS) is 24.6. The molecule has 1 aromatic carbocycles. The van der Waals surface area contributed by atoms with E-state index >= 15 is 0 Å². The molecule has 1 aromatic rings. The summed E-state index contributed by atoms with van der Waals surface area (Å²) in [6.07, 6.45) is 3.48. The fourth-order valence-corrected chi connectivity index (χ4v) is 2.97. The molecule has 0 amide bonds. The molecule has 2 N–H and O–H groups in total. The molecule has 2 nitrogen and oxygen atoms in total. The van der Waals surface area contributed by atoms with Crippen molar-refractivity contribution in [2.45, 2.75) is 32.2 Å². The van der Waals surface area contributed by atoms with Crippen molar-refractivity contribution in [3.63, 3.8) is 0 Å². The van der Waals surface area contributed by atoms with Crippen molar-refractivity contribution < 1.29 is 9.50 Å². The van der Waals surface area contributed by atoms with Gasteiger partial charge in [-0.05, 0) is 55.8 Å². The lowest BCUT2D eigenvalue weighted by Gasteiger charge is -2.21. The largest absolute Gasteiger partial charge is 0.396 e. The highest BCUT2D eigenvalue weighted by Gasteiger charge is 2.26. The molecular formula is C15H21ClFNO. The lowest BCUT2D eigenvalue weighted by atomic mass is 9.96. The molecule has 3 atom stereocenters. The van der Waals surface area contributed by atoms with Gasteiger partial charge in [0.05, 0.1) is 5.02 Å². The summed E-state index contributed by atoms with van der Waals surface area (Å²) in [5.74, 6) is 0.577. The molecule has 19 heavy (non-hydrogen) atoms. The van der Waals surface area contributed by atoms with Crippen LogP contribution in [0.2, 0.25) is 5.02 Å². The van der Waals surface area contributed by atoms with Crippen molar-refractivity contribution in [2.24, 2.45) is 11.8 Å². The molecule has 0 heterocycles. The zero-order chi connectivity index (χ0) is 13.8. The summed E-state index contributed by atoms with van der Waals surface area (Å²) in [6.45, 7) is 3.17. The maximum atomic E-state index is 13.4. The van der Waals surface area contributed by atoms with Gasteiger partial charge in [-0.1, -0.05) is 24.1 Å². The second-order valence-corrected chi connectivity index (χ2v) is 5.84. The summed E-state index contributed by atoms with van der Waals surface area (Å²) in [6, 6.07) is 5.02. The van der Waals surface area contributed by atoms with Crippen LogP contribution in [0.25, 0.3) is 0 Å². The van der Waals surface area contributed by atoms with Crippen molar-refractivity contribution in [1.29, 1.82) is 0 Å². The molecule has 0 aliphatic heterocycles. The highest BCUT2D eigenvalue weighted by Crippen LogP contribution is 2.31. The van der Waals surface area contributed by atoms with E-state index < -0.39 is 0 Å². The number of aliphatic hydroxyl groups is 1. The van der Waals surface area contributed by atoms with Crippen LogP contribution in [0.5, 0.6) is 0 Å². The third-order valence-electron chi connectivity index (χ3n) is 4.18. The van der Waals surface area contributed by atoms with E-state index in [1.807, 2.05) is 13.0 Å². The summed E-state index contributed by atoms with van der Waals surface area (Å²) in [5, 5.41) is 12.9. The van der Waals surface area contributed by atoms with E-state index in [0.29, 0.717) is 11.8 Å². The van der Waals surface area contributed by atoms with Crippen LogP contribution < -0.4 is 5.32 Å². The molecular weight excluding hydrogens is 265 g/mol. The minimum Gasteiger partial charge on any atom is -0.396 e. The Morgan fingerprint density at radius 1 is 1.42 bits per heavy atom. The Balaban J connectivity index is 1.90. The van der Waals surface area contributed by atoms with Gasteiger partial charge in [-0.3, -0.25) is 0 Å². The Hall–Kier alpha value is -0.640. The molecule has 2 rings (SSSR count). The summed E-state index contributed by atoms with van der Waals surface area (Å²) in [5.41, 5.74) is 0.903. The molecule has 3 unspecified atom stereocenters. The van der Waals surface area contributed by atoms with Gasteiger partial charge in [-0.25, -0.2) is 4.39 Å². The molecule has 4 heteroatoms. The Bertz CT molecular complexity index is 427. The molecule has 0 radical (unpaired) electrons. The minimum atomic E-state index is -0.373. The monoisotopic (exact) mass is 285 g/mol. The highest BCUT2D eigenvalue weighted by atomic mass is 35.5. The molecule has 1 aliphatic rings. The van der Waals surface area contributed by atoms with Gasteiger partial charge in [0.1, 0.15) is 5.82 Å². The second-order valence-electron chi connectivity index (χ2n) is 5.44. The lowest BCUT2D eigenvalue weighted by molar-refractivity contribution is 0.190. The lowest BCUT2D eigenvalue weighted by Crippen LogP contribution is -2.28. The number of benzene rings is 1. The van der Waals surface area contributed by atoms with E-state index in [1.54, 1.807) is 6.07 Å². The Morgan fingerprint density at radius 2 is 2.16 bits per heavy atom. The number of hydrogen-bond acceptors (Lipinski definition) is 2. The average molecular weight is 286 g/mol. The Kier molecular flexibility index (Phi) is 5.20. The van der Waals surface area contributed by atoms with Gasteiger partial charge < -0.3 is 10.4 Å². The topological polar surface area (TPSA) is 32.3 Å². The third kappa shape index (κ3) is 3.68. The molecule has 0 spiro atoms. The predicted molar refractivity (Wildman–Crippen MR) is 75.7 cm³/mol. The van der Waals surface area contributed by atoms with Crippen LogP contribution in [-0.4, -0.2) is 18.3 Å². The van der Waals surface area contributed by atoms with Crippen LogP contribution in [0.1, 0.15) is 37.8 Å². The summed E-state index contributed by atoms with van der Waals surface area (Å²) < 4.78 is 13.4. The smallest absolute Gasteiger partial charge is 0.142 e. The van der Waals surface area contributed by atoms with Crippen LogP contribution in [0.3, 0.4) is 0 Å². The van der Waals surface area contributed by atoms with Crippen molar-refractivity contribution in [3.05, 3.63) is 34.6 Å². The van der Waals surface area contributed by atoms with Crippen LogP contribution in [0.15, 0.2) is 18.2 Å². The number of rotatable bonds is 5. The van der Waals surface area contributed by atoms with Crippen molar-refractivity contribution in [2.75, 3.05) is 13.2 Å². The van der Waals surface area contributed by atoms with Crippen molar-refractivity contribution in [3.8, 4) is 0 Å². The number of halogens is 2. The fraction of sp³-hybridized carbons (Fsp3) is 0.600. The van der Waals surface area contributed by atoms with Crippen molar-refractivity contribution >= 4 is 11.6 Å². The quantitative estimate of drug-likeness (QED) is 0.867. The van der Waals surface area contributed by atoms with Gasteiger partial charge >= 0.3 is 0 Å². The maximum absolute atomic E-state index is 13.4. The standard InChI is InChI=1S/C15H21ClFNO/c1-10(11-5-6-14(16)15(17)7-11)18-8-12-3-2-4-13(12)9-19/h5-7,10,12-13,18-19H,2-4,8-9H2,1H3.